The number of amides is 1. The zero-order chi connectivity index (χ0) is 24.0. The summed E-state index contributed by atoms with van der Waals surface area (Å²) in [5, 5.41) is 10.9. The molecule has 1 amide bonds. The largest absolute Gasteiger partial charge is 0.506 e. The van der Waals surface area contributed by atoms with Crippen LogP contribution in [0.3, 0.4) is 0 Å². The lowest BCUT2D eigenvalue weighted by molar-refractivity contribution is -0.138. The van der Waals surface area contributed by atoms with Crippen molar-refractivity contribution in [2.75, 3.05) is 27.9 Å². The van der Waals surface area contributed by atoms with E-state index < -0.39 is 11.9 Å². The molecule has 9 heteroatoms. The van der Waals surface area contributed by atoms with Gasteiger partial charge in [0.15, 0.2) is 11.5 Å². The summed E-state index contributed by atoms with van der Waals surface area (Å²) >= 11 is 0.988. The molecule has 0 unspecified atom stereocenters. The van der Waals surface area contributed by atoms with Crippen LogP contribution in [0.2, 0.25) is 0 Å². The van der Waals surface area contributed by atoms with E-state index in [1.165, 1.54) is 21.3 Å². The lowest BCUT2D eigenvalue weighted by Gasteiger charge is -2.13. The van der Waals surface area contributed by atoms with Crippen molar-refractivity contribution >= 4 is 34.8 Å². The van der Waals surface area contributed by atoms with E-state index in [1.54, 1.807) is 55.5 Å². The number of aliphatic imine (C=N–C) groups is 1. The summed E-state index contributed by atoms with van der Waals surface area (Å²) in [7, 11) is 4.49. The van der Waals surface area contributed by atoms with Crippen molar-refractivity contribution in [3.8, 4) is 17.2 Å². The summed E-state index contributed by atoms with van der Waals surface area (Å²) in [5.74, 6) is -0.365. The zero-order valence-corrected chi connectivity index (χ0v) is 19.4. The van der Waals surface area contributed by atoms with Gasteiger partial charge in [0.2, 0.25) is 5.75 Å². The minimum atomic E-state index is -0.768. The Morgan fingerprint density at radius 2 is 1.67 bits per heavy atom. The summed E-state index contributed by atoms with van der Waals surface area (Å²) in [6.07, 6.45) is 1.62. The molecule has 1 aliphatic heterocycles. The van der Waals surface area contributed by atoms with Gasteiger partial charge in [-0.1, -0.05) is 30.0 Å². The Morgan fingerprint density at radius 3 is 2.21 bits per heavy atom. The lowest BCUT2D eigenvalue weighted by Crippen LogP contribution is -2.14. The average Bonchev–Trinajstić information content (AvgIpc) is 3.13. The maximum absolute atomic E-state index is 12.6. The van der Waals surface area contributed by atoms with Crippen LogP contribution < -0.4 is 14.2 Å². The van der Waals surface area contributed by atoms with Gasteiger partial charge in [0.1, 0.15) is 16.4 Å². The van der Waals surface area contributed by atoms with Crippen molar-refractivity contribution in [3.63, 3.8) is 0 Å². The number of hydrogen-bond donors (Lipinski definition) is 1. The average molecular weight is 470 g/mol. The molecule has 33 heavy (non-hydrogen) atoms. The van der Waals surface area contributed by atoms with Gasteiger partial charge in [-0.15, -0.1) is 0 Å². The molecule has 2 aromatic carbocycles. The Balaban J connectivity index is 2.07. The molecule has 0 aliphatic carbocycles. The highest BCUT2D eigenvalue weighted by molar-refractivity contribution is 8.18. The van der Waals surface area contributed by atoms with E-state index in [0.717, 1.165) is 11.8 Å². The van der Waals surface area contributed by atoms with Crippen molar-refractivity contribution in [1.29, 1.82) is 0 Å². The molecule has 0 saturated heterocycles. The molecule has 1 aliphatic rings. The summed E-state index contributed by atoms with van der Waals surface area (Å²) in [4.78, 5) is 29.5. The molecule has 0 spiro atoms. The SMILES string of the molecule is CCOC(=O)C1=C(O)/C(=C/c2cc(OC)c(OC)c(OC)c2)SC1=NC(=O)c1ccccc1. The molecule has 0 bridgehead atoms. The number of nitrogens with zero attached hydrogens (tertiary/aromatic N) is 1. The molecule has 0 aromatic heterocycles. The number of aliphatic hydroxyl groups is 1. The molecule has 0 fully saturated rings. The lowest BCUT2D eigenvalue weighted by atomic mass is 10.1. The highest BCUT2D eigenvalue weighted by Crippen LogP contribution is 2.42. The molecule has 8 nitrogen and oxygen atoms in total. The molecule has 0 atom stereocenters. The van der Waals surface area contributed by atoms with Gasteiger partial charge in [-0.3, -0.25) is 4.79 Å². The van der Waals surface area contributed by atoms with Gasteiger partial charge in [-0.25, -0.2) is 9.79 Å². The summed E-state index contributed by atoms with van der Waals surface area (Å²) < 4.78 is 21.1. The van der Waals surface area contributed by atoms with Crippen LogP contribution in [0.4, 0.5) is 0 Å². The van der Waals surface area contributed by atoms with Gasteiger partial charge < -0.3 is 24.1 Å². The Labute approximate surface area is 195 Å². The first-order chi connectivity index (χ1) is 15.9. The van der Waals surface area contributed by atoms with Crippen molar-refractivity contribution < 1.29 is 33.6 Å². The normalized spacial score (nSPS) is 15.6. The van der Waals surface area contributed by atoms with Gasteiger partial charge in [0, 0.05) is 5.56 Å². The third-order valence-electron chi connectivity index (χ3n) is 4.58. The number of aliphatic hydroxyl groups excluding tert-OH is 1. The molecule has 1 N–H and O–H groups in total. The van der Waals surface area contributed by atoms with E-state index in [4.69, 9.17) is 18.9 Å². The van der Waals surface area contributed by atoms with E-state index in [9.17, 15) is 14.7 Å². The van der Waals surface area contributed by atoms with Crippen molar-refractivity contribution in [2.45, 2.75) is 6.92 Å². The summed E-state index contributed by atoms with van der Waals surface area (Å²) in [5.41, 5.74) is 0.803. The van der Waals surface area contributed by atoms with Gasteiger partial charge in [0.05, 0.1) is 32.8 Å². The summed E-state index contributed by atoms with van der Waals surface area (Å²) in [6.45, 7) is 1.75. The second kappa shape index (κ2) is 10.7. The minimum absolute atomic E-state index is 0.0542. The fourth-order valence-corrected chi connectivity index (χ4v) is 4.08. The number of carbonyl (C=O) groups excluding carboxylic acids is 2. The standard InChI is InChI=1S/C24H23NO7S/c1-5-32-24(28)19-20(26)18(33-23(19)25-22(27)15-9-7-6-8-10-15)13-14-11-16(29-2)21(31-4)17(12-14)30-3/h6-13,26H,5H2,1-4H3/b18-13-,25-23?. The van der Waals surface area contributed by atoms with Crippen molar-refractivity contribution in [3.05, 3.63) is 69.8 Å². The molecular formula is C24H23NO7S. The van der Waals surface area contributed by atoms with Crippen LogP contribution in [0.25, 0.3) is 6.08 Å². The molecule has 3 rings (SSSR count). The van der Waals surface area contributed by atoms with Crippen LogP contribution in [0.5, 0.6) is 17.2 Å². The quantitative estimate of drug-likeness (QED) is 0.595. The zero-order valence-electron chi connectivity index (χ0n) is 18.6. The van der Waals surface area contributed by atoms with Crippen LogP contribution in [-0.4, -0.2) is 50.0 Å². The van der Waals surface area contributed by atoms with Gasteiger partial charge in [-0.05, 0) is 42.8 Å². The van der Waals surface area contributed by atoms with Crippen LogP contribution >= 0.6 is 11.8 Å². The predicted octanol–water partition coefficient (Wildman–Crippen LogP) is 4.41. The second-order valence-corrected chi connectivity index (χ2v) is 7.63. The third kappa shape index (κ3) is 5.20. The van der Waals surface area contributed by atoms with Gasteiger partial charge >= 0.3 is 5.97 Å². The van der Waals surface area contributed by atoms with E-state index in [-0.39, 0.29) is 23.0 Å². The first-order valence-electron chi connectivity index (χ1n) is 9.92. The first kappa shape index (κ1) is 23.9. The second-order valence-electron chi connectivity index (χ2n) is 6.60. The monoisotopic (exact) mass is 469 g/mol. The molecule has 172 valence electrons. The number of carbonyl (C=O) groups is 2. The molecule has 2 aromatic rings. The number of methoxy groups -OCH3 is 3. The van der Waals surface area contributed by atoms with E-state index >= 15 is 0 Å². The fraction of sp³-hybridized carbons (Fsp3) is 0.208. The van der Waals surface area contributed by atoms with Gasteiger partial charge in [0.25, 0.3) is 5.91 Å². The number of esters is 1. The fourth-order valence-electron chi connectivity index (χ4n) is 3.07. The predicted molar refractivity (Wildman–Crippen MR) is 126 cm³/mol. The molecule has 1 heterocycles. The number of ether oxygens (including phenoxy) is 4. The van der Waals surface area contributed by atoms with Crippen LogP contribution in [0.1, 0.15) is 22.8 Å². The number of hydrogen-bond acceptors (Lipinski definition) is 8. The minimum Gasteiger partial charge on any atom is -0.506 e. The number of rotatable bonds is 7. The third-order valence-corrected chi connectivity index (χ3v) is 5.60. The highest BCUT2D eigenvalue weighted by atomic mass is 32.2. The smallest absolute Gasteiger partial charge is 0.344 e. The molecular weight excluding hydrogens is 446 g/mol. The van der Waals surface area contributed by atoms with Crippen molar-refractivity contribution in [1.82, 2.24) is 0 Å². The van der Waals surface area contributed by atoms with Crippen LogP contribution in [-0.2, 0) is 9.53 Å². The topological polar surface area (TPSA) is 104 Å². The maximum Gasteiger partial charge on any atom is 0.344 e. The highest BCUT2D eigenvalue weighted by Gasteiger charge is 2.34. The van der Waals surface area contributed by atoms with Crippen molar-refractivity contribution in [2.24, 2.45) is 4.99 Å². The van der Waals surface area contributed by atoms with E-state index in [2.05, 4.69) is 4.99 Å². The maximum atomic E-state index is 12.6. The van der Waals surface area contributed by atoms with Crippen LogP contribution in [0.15, 0.2) is 63.7 Å². The van der Waals surface area contributed by atoms with E-state index in [0.29, 0.717) is 33.3 Å². The Bertz CT molecular complexity index is 1130. The Morgan fingerprint density at radius 1 is 1.03 bits per heavy atom. The van der Waals surface area contributed by atoms with E-state index in [1.807, 2.05) is 0 Å². The first-order valence-corrected chi connectivity index (χ1v) is 10.7. The molecule has 0 saturated carbocycles. The summed E-state index contributed by atoms with van der Waals surface area (Å²) in [6, 6.07) is 11.8. The van der Waals surface area contributed by atoms with Gasteiger partial charge in [-0.2, -0.15) is 0 Å². The number of benzene rings is 2. The Kier molecular flexibility index (Phi) is 7.78. The molecule has 0 radical (unpaired) electrons. The van der Waals surface area contributed by atoms with Crippen LogP contribution in [0, 0.1) is 0 Å². The Hall–Kier alpha value is -3.72. The number of thioether (sulfide) groups is 1.